The number of hydrogen-bond donors (Lipinski definition) is 4. The quantitative estimate of drug-likeness (QED) is 0.205. The number of alkyl halides is 3. The zero-order valence-corrected chi connectivity index (χ0v) is 23.1. The van der Waals surface area contributed by atoms with Crippen molar-refractivity contribution in [2.45, 2.75) is 26.0 Å². The van der Waals surface area contributed by atoms with E-state index in [1.165, 1.54) is 18.2 Å². The number of benzene rings is 3. The molecule has 3 aromatic carbocycles. The second kappa shape index (κ2) is 12.0. The van der Waals surface area contributed by atoms with Crippen LogP contribution in [0.1, 0.15) is 49.9 Å². The van der Waals surface area contributed by atoms with E-state index >= 15 is 0 Å². The molecule has 1 heterocycles. The Kier molecular flexibility index (Phi) is 8.66. The zero-order chi connectivity index (χ0) is 29.8. The Morgan fingerprint density at radius 2 is 1.85 bits per heavy atom. The van der Waals surface area contributed by atoms with E-state index in [0.717, 1.165) is 22.5 Å². The van der Waals surface area contributed by atoms with Crippen molar-refractivity contribution >= 4 is 32.9 Å². The maximum absolute atomic E-state index is 13.5. The second-order valence-electron chi connectivity index (χ2n) is 9.30. The number of amides is 2. The lowest BCUT2D eigenvalue weighted by Crippen LogP contribution is -2.33. The molecular formula is C30H28F3N3O4S. The van der Waals surface area contributed by atoms with Crippen molar-refractivity contribution in [2.24, 2.45) is 5.73 Å². The Balaban J connectivity index is 1.68. The summed E-state index contributed by atoms with van der Waals surface area (Å²) in [6.45, 7) is 3.55. The number of rotatable bonds is 8. The minimum absolute atomic E-state index is 0.265. The van der Waals surface area contributed by atoms with Crippen molar-refractivity contribution in [3.8, 4) is 17.6 Å². The Hall–Kier alpha value is -4.40. The Morgan fingerprint density at radius 3 is 2.51 bits per heavy atom. The summed E-state index contributed by atoms with van der Waals surface area (Å²) in [5, 5.41) is 11.3. The van der Waals surface area contributed by atoms with Gasteiger partial charge < -0.3 is 25.3 Å². The molecule has 1 unspecified atom stereocenters. The first-order chi connectivity index (χ1) is 19.4. The van der Waals surface area contributed by atoms with Gasteiger partial charge in [0.1, 0.15) is 5.75 Å². The molecule has 0 fully saturated rings. The smallest absolute Gasteiger partial charge is 0.405 e. The minimum atomic E-state index is -5.03. The summed E-state index contributed by atoms with van der Waals surface area (Å²) in [7, 11) is -2.25. The maximum Gasteiger partial charge on any atom is 0.573 e. The van der Waals surface area contributed by atoms with E-state index in [1.807, 2.05) is 31.2 Å². The van der Waals surface area contributed by atoms with Gasteiger partial charge in [0.05, 0.1) is 11.5 Å². The van der Waals surface area contributed by atoms with Crippen LogP contribution in [-0.4, -0.2) is 40.0 Å². The third-order valence-corrected chi connectivity index (χ3v) is 9.60. The molecule has 214 valence electrons. The first-order valence-corrected chi connectivity index (χ1v) is 14.6. The molecule has 0 aliphatic heterocycles. The summed E-state index contributed by atoms with van der Waals surface area (Å²) < 4.78 is 46.6. The molecule has 0 bridgehead atoms. The minimum Gasteiger partial charge on any atom is -0.405 e. The Bertz CT molecular complexity index is 1670. The van der Waals surface area contributed by atoms with Gasteiger partial charge in [0, 0.05) is 39.5 Å². The van der Waals surface area contributed by atoms with Crippen LogP contribution in [-0.2, 0) is 5.75 Å². The number of halogens is 3. The molecule has 11 heteroatoms. The fourth-order valence-electron chi connectivity index (χ4n) is 4.28. The topological polar surface area (TPSA) is 117 Å². The highest BCUT2D eigenvalue weighted by Crippen LogP contribution is 2.47. The number of nitrogens with one attached hydrogen (secondary N) is 2. The molecule has 1 aromatic heterocycles. The highest BCUT2D eigenvalue weighted by Gasteiger charge is 2.34. The van der Waals surface area contributed by atoms with Crippen molar-refractivity contribution in [3.63, 3.8) is 0 Å². The number of aliphatic hydroxyl groups is 1. The van der Waals surface area contributed by atoms with Crippen molar-refractivity contribution in [1.82, 2.24) is 9.71 Å². The molecule has 4 aromatic rings. The molecule has 0 saturated carbocycles. The standard InChI is InChI=1S/C30H28F3N3O4S/c1-3-41(18-37,17-23-16-35-26-7-5-4-6-24(23)26)36-29(39)25-15-20(9-13-27(25)40-30(31,32)33)8-10-21-11-12-22(28(34)38)14-19(21)2/h4-7,9,11-16,35,37H,3,17-18H2,1-2H3,(H2,34,38)(H,36,39). The number of carbonyl (C=O) groups excluding carboxylic acids is 2. The third-order valence-electron chi connectivity index (χ3n) is 6.52. The van der Waals surface area contributed by atoms with Gasteiger partial charge in [-0.1, -0.05) is 37.0 Å². The first-order valence-electron chi connectivity index (χ1n) is 12.5. The van der Waals surface area contributed by atoms with Crippen molar-refractivity contribution in [3.05, 3.63) is 100 Å². The molecule has 0 aliphatic rings. The molecular weight excluding hydrogens is 555 g/mol. The van der Waals surface area contributed by atoms with E-state index < -0.39 is 34.1 Å². The van der Waals surface area contributed by atoms with Gasteiger partial charge in [0.2, 0.25) is 5.91 Å². The molecule has 5 N–H and O–H groups in total. The van der Waals surface area contributed by atoms with Crippen LogP contribution in [0.4, 0.5) is 13.2 Å². The largest absolute Gasteiger partial charge is 0.573 e. The monoisotopic (exact) mass is 583 g/mol. The normalized spacial score (nSPS) is 13.5. The van der Waals surface area contributed by atoms with Crippen molar-refractivity contribution < 1.29 is 32.6 Å². The van der Waals surface area contributed by atoms with Crippen LogP contribution in [0.3, 0.4) is 0 Å². The number of aryl methyl sites for hydroxylation is 1. The number of aromatic nitrogens is 1. The number of aliphatic hydroxyl groups excluding tert-OH is 1. The molecule has 0 saturated heterocycles. The summed E-state index contributed by atoms with van der Waals surface area (Å²) in [5.74, 6) is 4.00. The maximum atomic E-state index is 13.5. The van der Waals surface area contributed by atoms with Crippen LogP contribution < -0.4 is 15.2 Å². The van der Waals surface area contributed by atoms with Gasteiger partial charge in [-0.05, 0) is 66.3 Å². The van der Waals surface area contributed by atoms with Gasteiger partial charge in [0.25, 0.3) is 5.91 Å². The number of hydrogen-bond acceptors (Lipinski definition) is 4. The van der Waals surface area contributed by atoms with E-state index in [4.69, 9.17) is 5.73 Å². The number of fused-ring (bicyclic) bond motifs is 1. The molecule has 1 atom stereocenters. The molecule has 0 spiro atoms. The number of aromatic amines is 1. The number of primary amides is 1. The lowest BCUT2D eigenvalue weighted by atomic mass is 10.0. The van der Waals surface area contributed by atoms with E-state index in [1.54, 1.807) is 25.3 Å². The molecule has 7 nitrogen and oxygen atoms in total. The first kappa shape index (κ1) is 29.6. The van der Waals surface area contributed by atoms with Crippen LogP contribution in [0.5, 0.6) is 5.75 Å². The van der Waals surface area contributed by atoms with Gasteiger partial charge in [-0.15, -0.1) is 23.4 Å². The van der Waals surface area contributed by atoms with Crippen molar-refractivity contribution in [2.75, 3.05) is 11.7 Å². The van der Waals surface area contributed by atoms with Gasteiger partial charge >= 0.3 is 6.36 Å². The van der Waals surface area contributed by atoms with Gasteiger partial charge in [0.15, 0.2) is 0 Å². The lowest BCUT2D eigenvalue weighted by molar-refractivity contribution is -0.274. The second-order valence-corrected chi connectivity index (χ2v) is 12.7. The van der Waals surface area contributed by atoms with E-state index in [9.17, 15) is 27.9 Å². The fraction of sp³-hybridized carbons (Fsp3) is 0.200. The fourth-order valence-corrected chi connectivity index (χ4v) is 6.37. The number of para-hydroxylation sites is 1. The molecule has 41 heavy (non-hydrogen) atoms. The summed E-state index contributed by atoms with van der Waals surface area (Å²) in [6, 6.07) is 15.9. The molecule has 0 radical (unpaired) electrons. The zero-order valence-electron chi connectivity index (χ0n) is 22.3. The number of H-pyrrole nitrogens is 1. The van der Waals surface area contributed by atoms with Crippen LogP contribution >= 0.6 is 10.2 Å². The average molecular weight is 584 g/mol. The Labute approximate surface area is 236 Å². The third kappa shape index (κ3) is 7.03. The van der Waals surface area contributed by atoms with Crippen LogP contribution in [0, 0.1) is 18.8 Å². The summed E-state index contributed by atoms with van der Waals surface area (Å²) in [4.78, 5) is 28.1. The molecule has 0 aliphatic carbocycles. The van der Waals surface area contributed by atoms with Crippen LogP contribution in [0.2, 0.25) is 0 Å². The molecule has 4 rings (SSSR count). The van der Waals surface area contributed by atoms with Gasteiger partial charge in [-0.2, -0.15) is 0 Å². The highest BCUT2D eigenvalue weighted by molar-refractivity contribution is 8.31. The average Bonchev–Trinajstić information content (AvgIpc) is 3.34. The van der Waals surface area contributed by atoms with E-state index in [2.05, 4.69) is 26.3 Å². The van der Waals surface area contributed by atoms with Crippen LogP contribution in [0.25, 0.3) is 10.9 Å². The summed E-state index contributed by atoms with van der Waals surface area (Å²) >= 11 is 0. The van der Waals surface area contributed by atoms with E-state index in [-0.39, 0.29) is 17.1 Å². The number of carbonyl (C=O) groups is 2. The predicted molar refractivity (Wildman–Crippen MR) is 153 cm³/mol. The van der Waals surface area contributed by atoms with Crippen molar-refractivity contribution in [1.29, 1.82) is 0 Å². The van der Waals surface area contributed by atoms with Crippen LogP contribution in [0.15, 0.2) is 66.9 Å². The SMILES string of the molecule is CCS(CO)(Cc1c[nH]c2ccccc12)NC(=O)c1cc(C#Cc2ccc(C(N)=O)cc2C)ccc1OC(F)(F)F. The summed E-state index contributed by atoms with van der Waals surface area (Å²) in [6.07, 6.45) is -3.23. The number of nitrogens with two attached hydrogens (primary N) is 1. The predicted octanol–water partition coefficient (Wildman–Crippen LogP) is 5.49. The lowest BCUT2D eigenvalue weighted by Gasteiger charge is -2.38. The summed E-state index contributed by atoms with van der Waals surface area (Å²) in [5.41, 5.74) is 8.54. The highest BCUT2D eigenvalue weighted by atomic mass is 32.3. The molecule has 2 amide bonds. The van der Waals surface area contributed by atoms with E-state index in [0.29, 0.717) is 28.2 Å². The Morgan fingerprint density at radius 1 is 1.10 bits per heavy atom. The number of ether oxygens (including phenoxy) is 1. The van der Waals surface area contributed by atoms with Gasteiger partial charge in [-0.3, -0.25) is 9.59 Å². The van der Waals surface area contributed by atoms with Gasteiger partial charge in [-0.25, -0.2) is 0 Å².